The second-order valence-electron chi connectivity index (χ2n) is 4.20. The van der Waals surface area contributed by atoms with Gasteiger partial charge in [-0.25, -0.2) is 0 Å². The molecule has 0 fully saturated rings. The molecule has 0 aliphatic heterocycles. The van der Waals surface area contributed by atoms with E-state index in [-0.39, 0.29) is 6.04 Å². The second kappa shape index (κ2) is 6.72. The van der Waals surface area contributed by atoms with E-state index >= 15 is 0 Å². The van der Waals surface area contributed by atoms with Crippen LogP contribution in [0, 0.1) is 6.92 Å². The zero-order valence-corrected chi connectivity index (χ0v) is 15.4. The third-order valence-electron chi connectivity index (χ3n) is 2.94. The van der Waals surface area contributed by atoms with Gasteiger partial charge in [-0.3, -0.25) is 0 Å². The molecule has 19 heavy (non-hydrogen) atoms. The molecule has 0 aliphatic carbocycles. The first-order chi connectivity index (χ1) is 9.04. The predicted octanol–water partition coefficient (Wildman–Crippen LogP) is 5.93. The third-order valence-corrected chi connectivity index (χ3v) is 5.82. The standard InChI is InChI=1S/C14H14Br2ClNS/c1-3-18-14(10-7-12(16)19-8(10)2)9-5-4-6-11(15)13(9)17/h4-7,14,18H,3H2,1-2H3. The minimum atomic E-state index is 0.123. The van der Waals surface area contributed by atoms with Gasteiger partial charge in [0.1, 0.15) is 0 Å². The smallest absolute Gasteiger partial charge is 0.0704 e. The molecule has 1 aromatic carbocycles. The van der Waals surface area contributed by atoms with E-state index in [4.69, 9.17) is 11.6 Å². The highest BCUT2D eigenvalue weighted by Gasteiger charge is 2.20. The average Bonchev–Trinajstić information content (AvgIpc) is 2.69. The third kappa shape index (κ3) is 3.42. The van der Waals surface area contributed by atoms with Gasteiger partial charge in [0, 0.05) is 9.35 Å². The van der Waals surface area contributed by atoms with Crippen molar-refractivity contribution in [2.24, 2.45) is 0 Å². The van der Waals surface area contributed by atoms with Crippen molar-refractivity contribution < 1.29 is 0 Å². The van der Waals surface area contributed by atoms with Crippen molar-refractivity contribution in [2.45, 2.75) is 19.9 Å². The summed E-state index contributed by atoms with van der Waals surface area (Å²) in [6.45, 7) is 5.14. The van der Waals surface area contributed by atoms with Crippen molar-refractivity contribution in [3.05, 3.63) is 53.6 Å². The van der Waals surface area contributed by atoms with E-state index < -0.39 is 0 Å². The Kier molecular flexibility index (Phi) is 5.49. The summed E-state index contributed by atoms with van der Waals surface area (Å²) in [6.07, 6.45) is 0. The van der Waals surface area contributed by atoms with Gasteiger partial charge in [0.05, 0.1) is 14.9 Å². The minimum absolute atomic E-state index is 0.123. The number of thiophene rings is 1. The summed E-state index contributed by atoms with van der Waals surface area (Å²) in [5.74, 6) is 0. The Balaban J connectivity index is 2.51. The topological polar surface area (TPSA) is 12.0 Å². The van der Waals surface area contributed by atoms with Gasteiger partial charge in [0.2, 0.25) is 0 Å². The van der Waals surface area contributed by atoms with Crippen LogP contribution in [0.3, 0.4) is 0 Å². The van der Waals surface area contributed by atoms with Crippen molar-refractivity contribution in [2.75, 3.05) is 6.54 Å². The molecule has 0 saturated carbocycles. The molecule has 1 nitrogen and oxygen atoms in total. The number of hydrogen-bond acceptors (Lipinski definition) is 2. The van der Waals surface area contributed by atoms with E-state index in [1.807, 2.05) is 12.1 Å². The maximum atomic E-state index is 6.44. The number of halogens is 3. The summed E-state index contributed by atoms with van der Waals surface area (Å²) in [5.41, 5.74) is 2.38. The zero-order valence-electron chi connectivity index (χ0n) is 10.6. The number of benzene rings is 1. The second-order valence-corrected chi connectivity index (χ2v) is 8.06. The Morgan fingerprint density at radius 3 is 2.63 bits per heavy atom. The molecule has 1 N–H and O–H groups in total. The molecule has 0 bridgehead atoms. The van der Waals surface area contributed by atoms with Gasteiger partial charge >= 0.3 is 0 Å². The Bertz CT molecular complexity index is 583. The molecule has 1 heterocycles. The van der Waals surface area contributed by atoms with Gasteiger partial charge in [-0.2, -0.15) is 0 Å². The number of nitrogens with one attached hydrogen (secondary N) is 1. The van der Waals surface area contributed by atoms with E-state index in [9.17, 15) is 0 Å². The van der Waals surface area contributed by atoms with Crippen LogP contribution in [0.1, 0.15) is 29.0 Å². The van der Waals surface area contributed by atoms with Crippen molar-refractivity contribution >= 4 is 54.8 Å². The molecule has 0 saturated heterocycles. The summed E-state index contributed by atoms with van der Waals surface area (Å²) in [5, 5.41) is 4.29. The summed E-state index contributed by atoms with van der Waals surface area (Å²) in [7, 11) is 0. The first-order valence-electron chi connectivity index (χ1n) is 5.97. The largest absolute Gasteiger partial charge is 0.306 e. The van der Waals surface area contributed by atoms with Crippen LogP contribution in [-0.2, 0) is 0 Å². The van der Waals surface area contributed by atoms with E-state index in [1.165, 1.54) is 10.4 Å². The lowest BCUT2D eigenvalue weighted by molar-refractivity contribution is 0.630. The molecule has 2 rings (SSSR count). The molecule has 1 atom stereocenters. The fourth-order valence-corrected chi connectivity index (χ4v) is 4.44. The number of rotatable bonds is 4. The van der Waals surface area contributed by atoms with Crippen LogP contribution < -0.4 is 5.32 Å². The van der Waals surface area contributed by atoms with E-state index in [0.717, 1.165) is 25.4 Å². The normalized spacial score (nSPS) is 12.7. The SMILES string of the molecule is CCNC(c1cc(Br)sc1C)c1cccc(Br)c1Cl. The van der Waals surface area contributed by atoms with Crippen LogP contribution in [0.4, 0.5) is 0 Å². The Labute approximate surface area is 139 Å². The lowest BCUT2D eigenvalue weighted by Crippen LogP contribution is -2.22. The lowest BCUT2D eigenvalue weighted by Gasteiger charge is -2.20. The van der Waals surface area contributed by atoms with Crippen LogP contribution in [0.2, 0.25) is 5.02 Å². The van der Waals surface area contributed by atoms with Crippen molar-refractivity contribution in [1.82, 2.24) is 5.32 Å². The monoisotopic (exact) mass is 421 g/mol. The maximum Gasteiger partial charge on any atom is 0.0704 e. The highest BCUT2D eigenvalue weighted by Crippen LogP contribution is 2.38. The van der Waals surface area contributed by atoms with Crippen LogP contribution in [-0.4, -0.2) is 6.54 Å². The molecule has 1 unspecified atom stereocenters. The number of hydrogen-bond donors (Lipinski definition) is 1. The fourth-order valence-electron chi connectivity index (χ4n) is 2.08. The quantitative estimate of drug-likeness (QED) is 0.642. The molecule has 0 amide bonds. The van der Waals surface area contributed by atoms with Crippen molar-refractivity contribution in [3.63, 3.8) is 0 Å². The minimum Gasteiger partial charge on any atom is -0.306 e. The molecule has 0 radical (unpaired) electrons. The molecule has 102 valence electrons. The van der Waals surface area contributed by atoms with Crippen LogP contribution in [0.5, 0.6) is 0 Å². The van der Waals surface area contributed by atoms with Gasteiger partial charge < -0.3 is 5.32 Å². The average molecular weight is 424 g/mol. The maximum absolute atomic E-state index is 6.44. The number of aryl methyl sites for hydroxylation is 1. The Morgan fingerprint density at radius 2 is 2.05 bits per heavy atom. The first kappa shape index (κ1) is 15.5. The summed E-state index contributed by atoms with van der Waals surface area (Å²) in [6, 6.07) is 8.35. The van der Waals surface area contributed by atoms with Crippen molar-refractivity contribution in [3.8, 4) is 0 Å². The summed E-state index contributed by atoms with van der Waals surface area (Å²) < 4.78 is 2.08. The molecular weight excluding hydrogens is 409 g/mol. The van der Waals surface area contributed by atoms with Crippen LogP contribution in [0.25, 0.3) is 0 Å². The van der Waals surface area contributed by atoms with E-state index in [1.54, 1.807) is 11.3 Å². The van der Waals surface area contributed by atoms with Crippen LogP contribution in [0.15, 0.2) is 32.5 Å². The Morgan fingerprint density at radius 1 is 1.32 bits per heavy atom. The highest BCUT2D eigenvalue weighted by molar-refractivity contribution is 9.11. The summed E-state index contributed by atoms with van der Waals surface area (Å²) >= 11 is 15.2. The Hall–Kier alpha value is 0.130. The lowest BCUT2D eigenvalue weighted by atomic mass is 9.99. The fraction of sp³-hybridized carbons (Fsp3) is 0.286. The molecule has 1 aromatic heterocycles. The van der Waals surface area contributed by atoms with Gasteiger partial charge in [-0.1, -0.05) is 30.7 Å². The van der Waals surface area contributed by atoms with Gasteiger partial charge in [-0.15, -0.1) is 11.3 Å². The molecular formula is C14H14Br2ClNS. The summed E-state index contributed by atoms with van der Waals surface area (Å²) in [4.78, 5) is 1.30. The molecule has 2 aromatic rings. The van der Waals surface area contributed by atoms with E-state index in [0.29, 0.717) is 0 Å². The van der Waals surface area contributed by atoms with Gasteiger partial charge in [0.15, 0.2) is 0 Å². The van der Waals surface area contributed by atoms with Crippen molar-refractivity contribution in [1.29, 1.82) is 0 Å². The highest BCUT2D eigenvalue weighted by atomic mass is 79.9. The molecule has 0 aliphatic rings. The zero-order chi connectivity index (χ0) is 14.0. The van der Waals surface area contributed by atoms with Gasteiger partial charge in [-0.05, 0) is 68.6 Å². The first-order valence-corrected chi connectivity index (χ1v) is 8.75. The van der Waals surface area contributed by atoms with E-state index in [2.05, 4.69) is 63.2 Å². The molecule has 0 spiro atoms. The van der Waals surface area contributed by atoms with Crippen LogP contribution >= 0.6 is 54.8 Å². The molecule has 5 heteroatoms. The van der Waals surface area contributed by atoms with Gasteiger partial charge in [0.25, 0.3) is 0 Å². The predicted molar refractivity (Wildman–Crippen MR) is 91.4 cm³/mol.